The van der Waals surface area contributed by atoms with E-state index in [-0.39, 0.29) is 5.41 Å². The van der Waals surface area contributed by atoms with Crippen LogP contribution in [0.25, 0.3) is 22.8 Å². The first kappa shape index (κ1) is 15.3. The molecule has 0 unspecified atom stereocenters. The van der Waals surface area contributed by atoms with Crippen molar-refractivity contribution in [3.05, 3.63) is 48.3 Å². The zero-order valence-electron chi connectivity index (χ0n) is 14.2. The first-order valence-corrected chi connectivity index (χ1v) is 7.65. The molecule has 0 amide bonds. The first-order valence-electron chi connectivity index (χ1n) is 7.65. The van der Waals surface area contributed by atoms with Gasteiger partial charge in [-0.3, -0.25) is 0 Å². The number of hydrogen-bond acceptors (Lipinski definition) is 4. The highest BCUT2D eigenvalue weighted by molar-refractivity contribution is 5.66. The minimum Gasteiger partial charge on any atom is -0.331 e. The van der Waals surface area contributed by atoms with Crippen LogP contribution in [0.15, 0.2) is 36.8 Å². The Morgan fingerprint density at radius 3 is 2.39 bits per heavy atom. The van der Waals surface area contributed by atoms with Gasteiger partial charge in [0.15, 0.2) is 5.82 Å². The van der Waals surface area contributed by atoms with Crippen LogP contribution in [-0.4, -0.2) is 24.5 Å². The summed E-state index contributed by atoms with van der Waals surface area (Å²) < 4.78 is 2.08. The van der Waals surface area contributed by atoms with Gasteiger partial charge < -0.3 is 4.57 Å². The number of benzene rings is 1. The van der Waals surface area contributed by atoms with E-state index in [9.17, 15) is 0 Å². The summed E-state index contributed by atoms with van der Waals surface area (Å²) in [5.41, 5.74) is 3.04. The van der Waals surface area contributed by atoms with Gasteiger partial charge in [-0.05, 0) is 13.0 Å². The lowest BCUT2D eigenvalue weighted by molar-refractivity contribution is 0.542. The van der Waals surface area contributed by atoms with E-state index in [1.165, 1.54) is 0 Å². The molecule has 0 atom stereocenters. The monoisotopic (exact) mass is 307 g/mol. The molecule has 5 nitrogen and oxygen atoms in total. The van der Waals surface area contributed by atoms with Crippen molar-refractivity contribution in [1.82, 2.24) is 24.5 Å². The van der Waals surface area contributed by atoms with Crippen molar-refractivity contribution < 1.29 is 0 Å². The standard InChI is InChI=1S/C18H21N5/c1-12-10-19-16(23(12)5)14-8-6-7-13(9-14)15-20-11-21-17(22-15)18(2,3)4/h6-11H,1-5H3. The molecule has 0 radical (unpaired) electrons. The van der Waals surface area contributed by atoms with Crippen molar-refractivity contribution in [2.45, 2.75) is 33.1 Å². The van der Waals surface area contributed by atoms with Crippen molar-refractivity contribution in [3.8, 4) is 22.8 Å². The molecule has 0 aliphatic rings. The van der Waals surface area contributed by atoms with E-state index >= 15 is 0 Å². The Kier molecular flexibility index (Phi) is 3.72. The van der Waals surface area contributed by atoms with Crippen LogP contribution >= 0.6 is 0 Å². The molecule has 2 aromatic heterocycles. The van der Waals surface area contributed by atoms with Crippen molar-refractivity contribution in [2.24, 2.45) is 7.05 Å². The molecule has 1 aromatic carbocycles. The summed E-state index contributed by atoms with van der Waals surface area (Å²) in [6.07, 6.45) is 3.46. The third-order valence-electron chi connectivity index (χ3n) is 3.84. The molecule has 0 N–H and O–H groups in total. The summed E-state index contributed by atoms with van der Waals surface area (Å²) >= 11 is 0. The van der Waals surface area contributed by atoms with E-state index in [1.807, 2.05) is 32.3 Å². The van der Waals surface area contributed by atoms with Gasteiger partial charge in [0, 0.05) is 35.5 Å². The predicted octanol–water partition coefficient (Wildman–Crippen LogP) is 3.55. The van der Waals surface area contributed by atoms with E-state index in [0.717, 1.165) is 28.5 Å². The topological polar surface area (TPSA) is 56.5 Å². The number of aromatic nitrogens is 5. The fourth-order valence-corrected chi connectivity index (χ4v) is 2.36. The second-order valence-corrected chi connectivity index (χ2v) is 6.75. The van der Waals surface area contributed by atoms with Crippen LogP contribution in [-0.2, 0) is 12.5 Å². The van der Waals surface area contributed by atoms with Gasteiger partial charge in [0.2, 0.25) is 0 Å². The van der Waals surface area contributed by atoms with Gasteiger partial charge in [-0.1, -0.05) is 39.0 Å². The molecule has 23 heavy (non-hydrogen) atoms. The Balaban J connectivity index is 2.05. The Labute approximate surface area is 136 Å². The molecule has 5 heteroatoms. The van der Waals surface area contributed by atoms with Crippen LogP contribution in [0.2, 0.25) is 0 Å². The van der Waals surface area contributed by atoms with Gasteiger partial charge in [0.25, 0.3) is 0 Å². The number of hydrogen-bond donors (Lipinski definition) is 0. The highest BCUT2D eigenvalue weighted by Crippen LogP contribution is 2.25. The second kappa shape index (κ2) is 5.57. The van der Waals surface area contributed by atoms with Gasteiger partial charge in [-0.25, -0.2) is 19.9 Å². The second-order valence-electron chi connectivity index (χ2n) is 6.75. The van der Waals surface area contributed by atoms with Gasteiger partial charge in [0.05, 0.1) is 0 Å². The van der Waals surface area contributed by atoms with Gasteiger partial charge in [-0.15, -0.1) is 0 Å². The molecule has 118 valence electrons. The summed E-state index contributed by atoms with van der Waals surface area (Å²) in [5.74, 6) is 2.42. The molecule has 0 fully saturated rings. The Morgan fingerprint density at radius 1 is 1.00 bits per heavy atom. The fraction of sp³-hybridized carbons (Fsp3) is 0.333. The van der Waals surface area contributed by atoms with Crippen molar-refractivity contribution in [2.75, 3.05) is 0 Å². The average molecular weight is 307 g/mol. The predicted molar refractivity (Wildman–Crippen MR) is 90.9 cm³/mol. The highest BCUT2D eigenvalue weighted by atomic mass is 15.1. The summed E-state index contributed by atoms with van der Waals surface area (Å²) in [6.45, 7) is 8.33. The zero-order chi connectivity index (χ0) is 16.6. The molecule has 0 saturated carbocycles. The molecule has 3 aromatic rings. The molecule has 2 heterocycles. The lowest BCUT2D eigenvalue weighted by Crippen LogP contribution is -2.16. The zero-order valence-corrected chi connectivity index (χ0v) is 14.2. The Morgan fingerprint density at radius 2 is 1.74 bits per heavy atom. The minimum atomic E-state index is -0.105. The molecule has 0 aliphatic heterocycles. The normalized spacial score (nSPS) is 11.7. The lowest BCUT2D eigenvalue weighted by atomic mass is 9.96. The minimum absolute atomic E-state index is 0.105. The maximum atomic E-state index is 4.63. The molecule has 0 saturated heterocycles. The average Bonchev–Trinajstić information content (AvgIpc) is 2.86. The molecule has 0 spiro atoms. The van der Waals surface area contributed by atoms with E-state index in [2.05, 4.69) is 57.4 Å². The van der Waals surface area contributed by atoms with E-state index in [4.69, 9.17) is 0 Å². The highest BCUT2D eigenvalue weighted by Gasteiger charge is 2.18. The molecule has 0 bridgehead atoms. The largest absolute Gasteiger partial charge is 0.331 e. The van der Waals surface area contributed by atoms with E-state index in [1.54, 1.807) is 6.33 Å². The maximum absolute atomic E-state index is 4.63. The number of nitrogens with zero attached hydrogens (tertiary/aromatic N) is 5. The first-order chi connectivity index (χ1) is 10.9. The van der Waals surface area contributed by atoms with E-state index in [0.29, 0.717) is 5.82 Å². The maximum Gasteiger partial charge on any atom is 0.163 e. The van der Waals surface area contributed by atoms with Crippen LogP contribution in [0, 0.1) is 6.92 Å². The lowest BCUT2D eigenvalue weighted by Gasteiger charge is -2.16. The number of imidazole rings is 1. The van der Waals surface area contributed by atoms with Gasteiger partial charge in [-0.2, -0.15) is 0 Å². The molecular formula is C18H21N5. The number of aryl methyl sites for hydroxylation is 1. The van der Waals surface area contributed by atoms with Crippen LogP contribution in [0.5, 0.6) is 0 Å². The Hall–Kier alpha value is -2.56. The van der Waals surface area contributed by atoms with Crippen LogP contribution in [0.4, 0.5) is 0 Å². The smallest absolute Gasteiger partial charge is 0.163 e. The molecule has 3 rings (SSSR count). The third-order valence-corrected chi connectivity index (χ3v) is 3.84. The SMILES string of the molecule is Cc1cnc(-c2cccc(-c3ncnc(C(C)(C)C)n3)c2)n1C. The Bertz CT molecular complexity index is 843. The summed E-state index contributed by atoms with van der Waals surface area (Å²) in [6, 6.07) is 8.15. The van der Waals surface area contributed by atoms with Gasteiger partial charge >= 0.3 is 0 Å². The fourth-order valence-electron chi connectivity index (χ4n) is 2.36. The summed E-state index contributed by atoms with van der Waals surface area (Å²) in [7, 11) is 2.02. The quantitative estimate of drug-likeness (QED) is 0.726. The number of rotatable bonds is 2. The van der Waals surface area contributed by atoms with Crippen molar-refractivity contribution in [3.63, 3.8) is 0 Å². The van der Waals surface area contributed by atoms with Gasteiger partial charge in [0.1, 0.15) is 18.0 Å². The van der Waals surface area contributed by atoms with Crippen molar-refractivity contribution in [1.29, 1.82) is 0 Å². The summed E-state index contributed by atoms with van der Waals surface area (Å²) in [4.78, 5) is 17.7. The van der Waals surface area contributed by atoms with Crippen LogP contribution < -0.4 is 0 Å². The third kappa shape index (κ3) is 2.99. The van der Waals surface area contributed by atoms with Crippen LogP contribution in [0.3, 0.4) is 0 Å². The molecular weight excluding hydrogens is 286 g/mol. The van der Waals surface area contributed by atoms with Crippen molar-refractivity contribution >= 4 is 0 Å². The summed E-state index contributed by atoms with van der Waals surface area (Å²) in [5, 5.41) is 0. The molecule has 0 aliphatic carbocycles. The van der Waals surface area contributed by atoms with Crippen LogP contribution in [0.1, 0.15) is 32.3 Å². The van der Waals surface area contributed by atoms with E-state index < -0.39 is 0 Å².